The Kier molecular flexibility index (Phi) is 6.26. The summed E-state index contributed by atoms with van der Waals surface area (Å²) in [6.07, 6.45) is -0.258. The first kappa shape index (κ1) is 20.2. The summed E-state index contributed by atoms with van der Waals surface area (Å²) in [5, 5.41) is 22.4. The van der Waals surface area contributed by atoms with Crippen molar-refractivity contribution in [3.05, 3.63) is 35.2 Å². The molecule has 3 rings (SSSR count). The number of rotatable bonds is 2. The normalized spacial score (nSPS) is 17.0. The number of aromatic nitrogens is 1. The highest BCUT2D eigenvalue weighted by Crippen LogP contribution is 2.27. The zero-order valence-corrected chi connectivity index (χ0v) is 15.7. The summed E-state index contributed by atoms with van der Waals surface area (Å²) >= 11 is 5.98. The predicted octanol–water partition coefficient (Wildman–Crippen LogP) is 3.97. The number of carboxylic acid groups (broad SMARTS) is 1. The van der Waals surface area contributed by atoms with Crippen LogP contribution in [-0.4, -0.2) is 50.9 Å². The van der Waals surface area contributed by atoms with Gasteiger partial charge in [-0.1, -0.05) is 17.7 Å². The Hall–Kier alpha value is -2.12. The van der Waals surface area contributed by atoms with E-state index in [0.29, 0.717) is 35.9 Å². The molecule has 1 aliphatic heterocycles. The van der Waals surface area contributed by atoms with Crippen LogP contribution in [0.1, 0.15) is 27.2 Å². The Balaban J connectivity index is 0.000000431. The third-order valence-corrected chi connectivity index (χ3v) is 3.76. The maximum atomic E-state index is 13.4. The lowest BCUT2D eigenvalue weighted by Gasteiger charge is -2.16. The summed E-state index contributed by atoms with van der Waals surface area (Å²) in [5.74, 6) is 0.127. The van der Waals surface area contributed by atoms with Gasteiger partial charge in [0, 0.05) is 24.5 Å². The number of anilines is 1. The molecule has 0 saturated carbocycles. The Morgan fingerprint density at radius 2 is 2.04 bits per heavy atom. The van der Waals surface area contributed by atoms with Gasteiger partial charge in [0.25, 0.3) is 0 Å². The van der Waals surface area contributed by atoms with E-state index in [0.717, 1.165) is 5.39 Å². The summed E-state index contributed by atoms with van der Waals surface area (Å²) in [6, 6.07) is 6.01. The second-order valence-electron chi connectivity index (χ2n) is 7.19. The van der Waals surface area contributed by atoms with Crippen LogP contribution in [0.5, 0.6) is 0 Å². The smallest absolute Gasteiger partial charge is 0.407 e. The number of benzene rings is 1. The van der Waals surface area contributed by atoms with Gasteiger partial charge in [-0.25, -0.2) is 14.2 Å². The maximum absolute atomic E-state index is 13.4. The van der Waals surface area contributed by atoms with Gasteiger partial charge >= 0.3 is 6.09 Å². The number of pyridine rings is 1. The molecule has 0 bridgehead atoms. The molecule has 1 aromatic carbocycles. The third kappa shape index (κ3) is 6.00. The number of aliphatic hydroxyl groups is 1. The standard InChI is InChI=1S/C14H13ClFN3O2.C4H10O/c15-12-5-8-1-2-9(16)6-11(8)13(18-12)17-10-3-4-19(7-10)14(20)21;1-4(2,3)5/h1-2,5-6,10H,3-4,7H2,(H,17,18)(H,20,21);5H,1-3H3/t10-;/m0./s1. The number of hydrogen-bond acceptors (Lipinski definition) is 4. The van der Waals surface area contributed by atoms with Gasteiger partial charge in [0.05, 0.1) is 5.60 Å². The van der Waals surface area contributed by atoms with E-state index in [9.17, 15) is 9.18 Å². The molecule has 0 spiro atoms. The van der Waals surface area contributed by atoms with Crippen LogP contribution in [0.3, 0.4) is 0 Å². The van der Waals surface area contributed by atoms with E-state index < -0.39 is 11.7 Å². The molecule has 2 heterocycles. The molecular formula is C18H23ClFN3O3. The van der Waals surface area contributed by atoms with E-state index in [1.165, 1.54) is 17.0 Å². The molecule has 1 saturated heterocycles. The van der Waals surface area contributed by atoms with Crippen LogP contribution in [0.4, 0.5) is 15.0 Å². The Morgan fingerprint density at radius 3 is 2.62 bits per heavy atom. The fraction of sp³-hybridized carbons (Fsp3) is 0.444. The van der Waals surface area contributed by atoms with Gasteiger partial charge in [-0.2, -0.15) is 0 Å². The Labute approximate surface area is 156 Å². The van der Waals surface area contributed by atoms with Crippen molar-refractivity contribution in [3.8, 4) is 0 Å². The number of carbonyl (C=O) groups is 1. The largest absolute Gasteiger partial charge is 0.465 e. The molecule has 1 atom stereocenters. The van der Waals surface area contributed by atoms with Gasteiger partial charge in [-0.3, -0.25) is 0 Å². The van der Waals surface area contributed by atoms with Crippen molar-refractivity contribution in [3.63, 3.8) is 0 Å². The van der Waals surface area contributed by atoms with Crippen LogP contribution < -0.4 is 5.32 Å². The van der Waals surface area contributed by atoms with Gasteiger partial charge in [-0.15, -0.1) is 0 Å². The molecule has 6 nitrogen and oxygen atoms in total. The van der Waals surface area contributed by atoms with Gasteiger partial charge in [-0.05, 0) is 50.8 Å². The van der Waals surface area contributed by atoms with Crippen molar-refractivity contribution in [2.45, 2.75) is 38.8 Å². The highest BCUT2D eigenvalue weighted by molar-refractivity contribution is 6.30. The molecule has 0 unspecified atom stereocenters. The van der Waals surface area contributed by atoms with Crippen molar-refractivity contribution in [2.24, 2.45) is 0 Å². The number of fused-ring (bicyclic) bond motifs is 1. The van der Waals surface area contributed by atoms with Crippen molar-refractivity contribution in [1.82, 2.24) is 9.88 Å². The van der Waals surface area contributed by atoms with Gasteiger partial charge < -0.3 is 20.4 Å². The average molecular weight is 384 g/mol. The lowest BCUT2D eigenvalue weighted by Crippen LogP contribution is -2.30. The summed E-state index contributed by atoms with van der Waals surface area (Å²) in [6.45, 7) is 6.08. The zero-order chi connectivity index (χ0) is 19.5. The van der Waals surface area contributed by atoms with E-state index in [4.69, 9.17) is 21.8 Å². The number of halogens is 2. The van der Waals surface area contributed by atoms with Crippen LogP contribution in [0.15, 0.2) is 24.3 Å². The first-order valence-electron chi connectivity index (χ1n) is 8.25. The van der Waals surface area contributed by atoms with Crippen LogP contribution in [0.25, 0.3) is 10.8 Å². The van der Waals surface area contributed by atoms with Crippen LogP contribution in [0.2, 0.25) is 5.15 Å². The Bertz CT molecular complexity index is 789. The maximum Gasteiger partial charge on any atom is 0.407 e. The quantitative estimate of drug-likeness (QED) is 0.683. The molecule has 1 fully saturated rings. The fourth-order valence-electron chi connectivity index (χ4n) is 2.54. The molecule has 1 aliphatic rings. The van der Waals surface area contributed by atoms with Crippen LogP contribution in [0, 0.1) is 5.82 Å². The van der Waals surface area contributed by atoms with Crippen molar-refractivity contribution in [1.29, 1.82) is 0 Å². The van der Waals surface area contributed by atoms with E-state index in [2.05, 4.69) is 10.3 Å². The molecular weight excluding hydrogens is 361 g/mol. The fourth-order valence-corrected chi connectivity index (χ4v) is 2.74. The van der Waals surface area contributed by atoms with E-state index in [1.807, 2.05) is 0 Å². The molecule has 0 radical (unpaired) electrons. The summed E-state index contributed by atoms with van der Waals surface area (Å²) in [5.41, 5.74) is -0.500. The first-order valence-corrected chi connectivity index (χ1v) is 8.63. The minimum Gasteiger partial charge on any atom is -0.465 e. The predicted molar refractivity (Wildman–Crippen MR) is 100 cm³/mol. The topological polar surface area (TPSA) is 85.7 Å². The highest BCUT2D eigenvalue weighted by Gasteiger charge is 2.26. The summed E-state index contributed by atoms with van der Waals surface area (Å²) < 4.78 is 13.4. The van der Waals surface area contributed by atoms with Crippen molar-refractivity contribution >= 4 is 34.3 Å². The molecule has 0 aliphatic carbocycles. The molecule has 1 amide bonds. The minimum absolute atomic E-state index is 0.0569. The SMILES string of the molecule is CC(C)(C)O.O=C(O)N1CC[C@H](Nc2nc(Cl)cc3ccc(F)cc23)C1. The first-order chi connectivity index (χ1) is 12.0. The zero-order valence-electron chi connectivity index (χ0n) is 15.0. The van der Waals surface area contributed by atoms with Crippen LogP contribution >= 0.6 is 11.6 Å². The van der Waals surface area contributed by atoms with Crippen LogP contribution in [-0.2, 0) is 0 Å². The lowest BCUT2D eigenvalue weighted by atomic mass is 10.1. The molecule has 3 N–H and O–H groups in total. The van der Waals surface area contributed by atoms with Crippen molar-refractivity contribution in [2.75, 3.05) is 18.4 Å². The Morgan fingerprint density at radius 1 is 1.38 bits per heavy atom. The highest BCUT2D eigenvalue weighted by atomic mass is 35.5. The number of likely N-dealkylation sites (tertiary alicyclic amines) is 1. The summed E-state index contributed by atoms with van der Waals surface area (Å²) in [7, 11) is 0. The van der Waals surface area contributed by atoms with E-state index in [1.54, 1.807) is 32.9 Å². The number of amides is 1. The van der Waals surface area contributed by atoms with Gasteiger partial charge in [0.1, 0.15) is 16.8 Å². The molecule has 2 aromatic rings. The molecule has 26 heavy (non-hydrogen) atoms. The number of nitrogens with one attached hydrogen (secondary N) is 1. The van der Waals surface area contributed by atoms with Gasteiger partial charge in [0.15, 0.2) is 0 Å². The molecule has 8 heteroatoms. The average Bonchev–Trinajstić information content (AvgIpc) is 2.95. The second kappa shape index (κ2) is 8.05. The van der Waals surface area contributed by atoms with E-state index >= 15 is 0 Å². The number of hydrogen-bond donors (Lipinski definition) is 3. The third-order valence-electron chi connectivity index (χ3n) is 3.56. The van der Waals surface area contributed by atoms with Crippen molar-refractivity contribution < 1.29 is 19.4 Å². The van der Waals surface area contributed by atoms with E-state index in [-0.39, 0.29) is 11.9 Å². The summed E-state index contributed by atoms with van der Waals surface area (Å²) in [4.78, 5) is 16.5. The minimum atomic E-state index is -0.936. The molecule has 142 valence electrons. The number of nitrogens with zero attached hydrogens (tertiary/aromatic N) is 2. The monoisotopic (exact) mass is 383 g/mol. The second-order valence-corrected chi connectivity index (χ2v) is 7.58. The van der Waals surface area contributed by atoms with Gasteiger partial charge in [0.2, 0.25) is 0 Å². The lowest BCUT2D eigenvalue weighted by molar-refractivity contribution is 0.102. The molecule has 1 aromatic heterocycles.